The number of rotatable bonds is 8. The lowest BCUT2D eigenvalue weighted by Gasteiger charge is -2.12. The van der Waals surface area contributed by atoms with Crippen LogP contribution in [0.1, 0.15) is 21.7 Å². The molecular weight excluding hydrogens is 478 g/mol. The highest BCUT2D eigenvalue weighted by atomic mass is 32.2. The Kier molecular flexibility index (Phi) is 7.25. The molecule has 0 bridgehead atoms. The molecule has 0 aliphatic carbocycles. The van der Waals surface area contributed by atoms with Crippen LogP contribution in [0.2, 0.25) is 0 Å². The minimum atomic E-state index is -2.93. The highest BCUT2D eigenvalue weighted by Gasteiger charge is 2.34. The Balaban J connectivity index is 1.34. The van der Waals surface area contributed by atoms with E-state index in [0.29, 0.717) is 5.56 Å². The molecule has 1 aliphatic heterocycles. The Bertz CT molecular complexity index is 1280. The third-order valence-corrected chi connectivity index (χ3v) is 5.93. The molecule has 1 fully saturated rings. The molecule has 0 spiro atoms. The van der Waals surface area contributed by atoms with E-state index < -0.39 is 23.7 Å². The van der Waals surface area contributed by atoms with Crippen molar-refractivity contribution in [2.24, 2.45) is 0 Å². The first kappa shape index (κ1) is 24.1. The van der Waals surface area contributed by atoms with Crippen molar-refractivity contribution in [1.82, 2.24) is 20.0 Å². The Morgan fingerprint density at radius 3 is 2.54 bits per heavy atom. The molecule has 1 saturated heterocycles. The first-order chi connectivity index (χ1) is 16.8. The zero-order valence-electron chi connectivity index (χ0n) is 18.5. The lowest BCUT2D eigenvalue weighted by Crippen LogP contribution is -2.37. The maximum atomic E-state index is 12.6. The summed E-state index contributed by atoms with van der Waals surface area (Å²) in [6.45, 7) is -1.04. The number of benzene rings is 2. The van der Waals surface area contributed by atoms with Crippen molar-refractivity contribution in [3.63, 3.8) is 0 Å². The SMILES string of the molecule is Cc1cc(C(=O)NCCN2C(=O)S/C(=C/c3ccc(OC(F)F)cc3)C2=O)nn1-c1ccccc1. The largest absolute Gasteiger partial charge is 0.435 e. The van der Waals surface area contributed by atoms with E-state index in [4.69, 9.17) is 0 Å². The van der Waals surface area contributed by atoms with E-state index in [0.717, 1.165) is 28.0 Å². The molecule has 35 heavy (non-hydrogen) atoms. The number of thioether (sulfide) groups is 1. The molecule has 3 aromatic rings. The Labute approximate surface area is 203 Å². The Hall–Kier alpha value is -3.99. The molecule has 2 heterocycles. The van der Waals surface area contributed by atoms with Crippen LogP contribution in [-0.4, -0.2) is 51.4 Å². The number of imide groups is 1. The van der Waals surface area contributed by atoms with Crippen molar-refractivity contribution in [2.75, 3.05) is 13.1 Å². The fourth-order valence-electron chi connectivity index (χ4n) is 3.38. The van der Waals surface area contributed by atoms with Gasteiger partial charge in [-0.1, -0.05) is 30.3 Å². The van der Waals surface area contributed by atoms with Crippen molar-refractivity contribution >= 4 is 34.9 Å². The molecule has 1 aliphatic rings. The fourth-order valence-corrected chi connectivity index (χ4v) is 4.24. The second-order valence-electron chi connectivity index (χ2n) is 7.46. The first-order valence-corrected chi connectivity index (χ1v) is 11.3. The van der Waals surface area contributed by atoms with Gasteiger partial charge in [0.05, 0.1) is 10.6 Å². The number of aryl methyl sites for hydroxylation is 1. The summed E-state index contributed by atoms with van der Waals surface area (Å²) in [5, 5.41) is 6.55. The van der Waals surface area contributed by atoms with Gasteiger partial charge in [0, 0.05) is 18.8 Å². The second kappa shape index (κ2) is 10.5. The van der Waals surface area contributed by atoms with Gasteiger partial charge in [0.1, 0.15) is 5.75 Å². The molecule has 1 aromatic heterocycles. The number of hydrogen-bond donors (Lipinski definition) is 1. The van der Waals surface area contributed by atoms with Crippen molar-refractivity contribution < 1.29 is 27.9 Å². The summed E-state index contributed by atoms with van der Waals surface area (Å²) in [4.78, 5) is 38.7. The third-order valence-electron chi connectivity index (χ3n) is 5.02. The fraction of sp³-hybridized carbons (Fsp3) is 0.167. The highest BCUT2D eigenvalue weighted by molar-refractivity contribution is 8.18. The standard InChI is InChI=1S/C24H20F2N4O4S/c1-15-13-19(28-30(15)17-5-3-2-4-6-17)21(31)27-11-12-29-22(32)20(35-24(29)33)14-16-7-9-18(10-8-16)34-23(25)26/h2-10,13-14,23H,11-12H2,1H3,(H,27,31)/b20-14+. The van der Waals surface area contributed by atoms with E-state index in [-0.39, 0.29) is 29.4 Å². The van der Waals surface area contributed by atoms with Crippen LogP contribution >= 0.6 is 11.8 Å². The number of amides is 3. The Morgan fingerprint density at radius 1 is 1.14 bits per heavy atom. The summed E-state index contributed by atoms with van der Waals surface area (Å²) in [5.74, 6) is -0.924. The molecule has 1 N–H and O–H groups in total. The maximum Gasteiger partial charge on any atom is 0.387 e. The van der Waals surface area contributed by atoms with Gasteiger partial charge in [-0.3, -0.25) is 19.3 Å². The van der Waals surface area contributed by atoms with Crippen molar-refractivity contribution in [3.8, 4) is 11.4 Å². The predicted octanol–water partition coefficient (Wildman–Crippen LogP) is 4.25. The van der Waals surface area contributed by atoms with Gasteiger partial charge in [-0.15, -0.1) is 0 Å². The molecule has 0 radical (unpaired) electrons. The number of alkyl halides is 2. The topological polar surface area (TPSA) is 93.5 Å². The van der Waals surface area contributed by atoms with E-state index in [9.17, 15) is 23.2 Å². The van der Waals surface area contributed by atoms with Crippen molar-refractivity contribution in [3.05, 3.63) is 82.5 Å². The number of aromatic nitrogens is 2. The first-order valence-electron chi connectivity index (χ1n) is 10.5. The average molecular weight is 499 g/mol. The van der Waals surface area contributed by atoms with Crippen LogP contribution in [0.3, 0.4) is 0 Å². The zero-order valence-corrected chi connectivity index (χ0v) is 19.3. The molecule has 11 heteroatoms. The van der Waals surface area contributed by atoms with E-state index in [2.05, 4.69) is 15.2 Å². The maximum absolute atomic E-state index is 12.6. The van der Waals surface area contributed by atoms with Gasteiger partial charge in [-0.2, -0.15) is 13.9 Å². The number of nitrogens with zero attached hydrogens (tertiary/aromatic N) is 3. The lowest BCUT2D eigenvalue weighted by molar-refractivity contribution is -0.122. The van der Waals surface area contributed by atoms with Crippen molar-refractivity contribution in [1.29, 1.82) is 0 Å². The predicted molar refractivity (Wildman–Crippen MR) is 126 cm³/mol. The average Bonchev–Trinajstić information content (AvgIpc) is 3.35. The van der Waals surface area contributed by atoms with E-state index in [1.807, 2.05) is 37.3 Å². The van der Waals surface area contributed by atoms with Gasteiger partial charge in [0.15, 0.2) is 5.69 Å². The molecule has 8 nitrogen and oxygen atoms in total. The molecule has 4 rings (SSSR count). The minimum Gasteiger partial charge on any atom is -0.435 e. The van der Waals surface area contributed by atoms with Crippen LogP contribution in [0.5, 0.6) is 5.75 Å². The molecule has 3 amide bonds. The van der Waals surface area contributed by atoms with Crippen molar-refractivity contribution in [2.45, 2.75) is 13.5 Å². The number of carbonyl (C=O) groups excluding carboxylic acids is 3. The van der Waals surface area contributed by atoms with E-state index in [1.165, 1.54) is 30.3 Å². The molecule has 0 atom stereocenters. The smallest absolute Gasteiger partial charge is 0.387 e. The molecule has 0 unspecified atom stereocenters. The van der Waals surface area contributed by atoms with Gasteiger partial charge >= 0.3 is 6.61 Å². The summed E-state index contributed by atoms with van der Waals surface area (Å²) in [6.07, 6.45) is 1.49. The van der Waals surface area contributed by atoms with Crippen LogP contribution in [0.25, 0.3) is 11.8 Å². The zero-order chi connectivity index (χ0) is 24.9. The highest BCUT2D eigenvalue weighted by Crippen LogP contribution is 2.32. The number of ether oxygens (including phenoxy) is 1. The third kappa shape index (κ3) is 5.75. The van der Waals surface area contributed by atoms with Gasteiger partial charge in [0.25, 0.3) is 17.1 Å². The van der Waals surface area contributed by atoms with Gasteiger partial charge in [-0.05, 0) is 60.7 Å². The number of nitrogens with one attached hydrogen (secondary N) is 1. The summed E-state index contributed by atoms with van der Waals surface area (Å²) >= 11 is 0.769. The monoisotopic (exact) mass is 498 g/mol. The normalized spacial score (nSPS) is 14.7. The summed E-state index contributed by atoms with van der Waals surface area (Å²) < 4.78 is 30.5. The Morgan fingerprint density at radius 2 is 1.86 bits per heavy atom. The van der Waals surface area contributed by atoms with E-state index in [1.54, 1.807) is 10.7 Å². The number of hydrogen-bond acceptors (Lipinski definition) is 6. The quantitative estimate of drug-likeness (QED) is 0.467. The molecule has 180 valence electrons. The van der Waals surface area contributed by atoms with Crippen LogP contribution in [0.4, 0.5) is 13.6 Å². The summed E-state index contributed by atoms with van der Waals surface area (Å²) in [7, 11) is 0. The number of para-hydroxylation sites is 1. The van der Waals surface area contributed by atoms with Crippen LogP contribution in [0, 0.1) is 6.92 Å². The van der Waals surface area contributed by atoms with Gasteiger partial charge < -0.3 is 10.1 Å². The van der Waals surface area contributed by atoms with Crippen LogP contribution in [-0.2, 0) is 4.79 Å². The lowest BCUT2D eigenvalue weighted by atomic mass is 10.2. The minimum absolute atomic E-state index is 0.00666. The van der Waals surface area contributed by atoms with Gasteiger partial charge in [-0.25, -0.2) is 4.68 Å². The molecule has 2 aromatic carbocycles. The summed E-state index contributed by atoms with van der Waals surface area (Å²) in [6, 6.07) is 16.7. The number of halogens is 2. The van der Waals surface area contributed by atoms with Gasteiger partial charge in [0.2, 0.25) is 0 Å². The van der Waals surface area contributed by atoms with Crippen LogP contribution < -0.4 is 10.1 Å². The number of carbonyl (C=O) groups is 3. The summed E-state index contributed by atoms with van der Waals surface area (Å²) in [5.41, 5.74) is 2.38. The van der Waals surface area contributed by atoms with E-state index >= 15 is 0 Å². The second-order valence-corrected chi connectivity index (χ2v) is 8.45. The van der Waals surface area contributed by atoms with Crippen LogP contribution in [0.15, 0.2) is 65.6 Å². The molecule has 0 saturated carbocycles. The molecular formula is C24H20F2N4O4S.